The molecule has 0 fully saturated rings. The molecule has 104 valence electrons. The molecule has 0 bridgehead atoms. The van der Waals surface area contributed by atoms with Gasteiger partial charge in [0.2, 0.25) is 0 Å². The van der Waals surface area contributed by atoms with Gasteiger partial charge in [-0.1, -0.05) is 30.3 Å². The molecule has 1 N–H and O–H groups in total. The van der Waals surface area contributed by atoms with Gasteiger partial charge in [0.1, 0.15) is 0 Å². The fourth-order valence-electron chi connectivity index (χ4n) is 2.15. The summed E-state index contributed by atoms with van der Waals surface area (Å²) in [5.41, 5.74) is 3.38. The Hall–Kier alpha value is -1.97. The molecule has 21 heavy (non-hydrogen) atoms. The maximum Gasteiger partial charge on any atom is 0.0709 e. The summed E-state index contributed by atoms with van der Waals surface area (Å²) >= 11 is 10.7. The highest BCUT2D eigenvalue weighted by Gasteiger charge is 2.08. The van der Waals surface area contributed by atoms with Crippen LogP contribution in [0.4, 0.5) is 5.69 Å². The number of nitrogens with zero attached hydrogens (tertiary/aromatic N) is 1. The van der Waals surface area contributed by atoms with Gasteiger partial charge in [-0.2, -0.15) is 0 Å². The minimum Gasteiger partial charge on any atom is -0.355 e. The van der Waals surface area contributed by atoms with E-state index >= 15 is 0 Å². The van der Waals surface area contributed by atoms with E-state index in [1.54, 1.807) is 6.20 Å². The largest absolute Gasteiger partial charge is 0.355 e. The third-order valence-corrected chi connectivity index (χ3v) is 3.75. The zero-order valence-electron chi connectivity index (χ0n) is 11.2. The monoisotopic (exact) mass is 312 g/mol. The predicted octanol–water partition coefficient (Wildman–Crippen LogP) is 5.26. The van der Waals surface area contributed by atoms with E-state index in [0.29, 0.717) is 5.02 Å². The molecule has 2 nitrogen and oxygen atoms in total. The van der Waals surface area contributed by atoms with E-state index in [4.69, 9.17) is 11.6 Å². The molecule has 0 aliphatic heterocycles. The zero-order chi connectivity index (χ0) is 14.8. The first kappa shape index (κ1) is 14.0. The lowest BCUT2D eigenvalue weighted by Crippen LogP contribution is -1.98. The van der Waals surface area contributed by atoms with Gasteiger partial charge in [-0.15, -0.1) is 12.6 Å². The highest BCUT2D eigenvalue weighted by Crippen LogP contribution is 2.28. The summed E-state index contributed by atoms with van der Waals surface area (Å²) in [6, 6.07) is 15.5. The Morgan fingerprint density at radius 1 is 1.14 bits per heavy atom. The van der Waals surface area contributed by atoms with Gasteiger partial charge < -0.3 is 5.32 Å². The van der Waals surface area contributed by atoms with Crippen molar-refractivity contribution in [3.8, 4) is 0 Å². The molecule has 3 aromatic rings. The van der Waals surface area contributed by atoms with Crippen molar-refractivity contribution in [1.29, 1.82) is 0 Å². The lowest BCUT2D eigenvalue weighted by atomic mass is 10.1. The van der Waals surface area contributed by atoms with E-state index in [9.17, 15) is 0 Å². The Morgan fingerprint density at radius 2 is 2.00 bits per heavy atom. The van der Waals surface area contributed by atoms with Crippen molar-refractivity contribution in [3.63, 3.8) is 0 Å². The van der Waals surface area contributed by atoms with Crippen molar-refractivity contribution >= 4 is 46.5 Å². The molecule has 2 aromatic carbocycles. The molecule has 3 rings (SSSR count). The molecule has 0 radical (unpaired) electrons. The average molecular weight is 313 g/mol. The van der Waals surface area contributed by atoms with Crippen LogP contribution in [0, 0.1) is 0 Å². The third kappa shape index (κ3) is 3.04. The van der Waals surface area contributed by atoms with E-state index in [1.165, 1.54) is 0 Å². The van der Waals surface area contributed by atoms with Crippen molar-refractivity contribution in [3.05, 3.63) is 71.9 Å². The maximum atomic E-state index is 6.35. The number of hydrogen-bond donors (Lipinski definition) is 2. The minimum absolute atomic E-state index is 0.648. The number of anilines is 1. The normalized spacial score (nSPS) is 10.6. The second-order valence-corrected chi connectivity index (χ2v) is 5.61. The Balaban J connectivity index is 1.96. The van der Waals surface area contributed by atoms with Gasteiger partial charge in [0, 0.05) is 33.4 Å². The Labute approximate surface area is 133 Å². The quantitative estimate of drug-likeness (QED) is 0.645. The van der Waals surface area contributed by atoms with Crippen LogP contribution in [-0.2, 0) is 0 Å². The summed E-state index contributed by atoms with van der Waals surface area (Å²) in [6.07, 6.45) is 1.76. The van der Waals surface area contributed by atoms with E-state index in [-0.39, 0.29) is 0 Å². The van der Waals surface area contributed by atoms with Crippen LogP contribution >= 0.6 is 24.2 Å². The highest BCUT2D eigenvalue weighted by atomic mass is 35.5. The van der Waals surface area contributed by atoms with E-state index in [1.807, 2.05) is 48.5 Å². The van der Waals surface area contributed by atoms with E-state index in [2.05, 4.69) is 29.5 Å². The number of aromatic nitrogens is 1. The van der Waals surface area contributed by atoms with Crippen LogP contribution in [0.2, 0.25) is 5.02 Å². The average Bonchev–Trinajstić information content (AvgIpc) is 2.46. The van der Waals surface area contributed by atoms with Crippen LogP contribution < -0.4 is 5.32 Å². The fraction of sp³-hybridized carbons (Fsp3) is 0. The summed E-state index contributed by atoms with van der Waals surface area (Å²) in [4.78, 5) is 5.23. The summed E-state index contributed by atoms with van der Waals surface area (Å²) < 4.78 is 0. The molecule has 0 amide bonds. The van der Waals surface area contributed by atoms with Crippen LogP contribution in [0.25, 0.3) is 16.6 Å². The minimum atomic E-state index is 0.648. The standard InChI is InChI=1S/C17H13ClN2S/c1-11(20-13-5-2-6-14(21)9-13)15-10-17-12(8-16(15)18)4-3-7-19-17/h2-10,20-21H,1H2. The van der Waals surface area contributed by atoms with Crippen molar-refractivity contribution < 1.29 is 0 Å². The molecule has 0 atom stereocenters. The molecular weight excluding hydrogens is 300 g/mol. The van der Waals surface area contributed by atoms with Gasteiger partial charge in [0.05, 0.1) is 10.5 Å². The van der Waals surface area contributed by atoms with Crippen LogP contribution in [0.3, 0.4) is 0 Å². The molecular formula is C17H13ClN2S. The molecule has 1 heterocycles. The van der Waals surface area contributed by atoms with Crippen molar-refractivity contribution in [1.82, 2.24) is 4.98 Å². The van der Waals surface area contributed by atoms with Crippen molar-refractivity contribution in [2.45, 2.75) is 4.90 Å². The summed E-state index contributed by atoms with van der Waals surface area (Å²) in [5, 5.41) is 4.91. The fourth-order valence-corrected chi connectivity index (χ4v) is 2.66. The number of thiol groups is 1. The van der Waals surface area contributed by atoms with Crippen LogP contribution in [0.5, 0.6) is 0 Å². The Morgan fingerprint density at radius 3 is 2.81 bits per heavy atom. The van der Waals surface area contributed by atoms with E-state index in [0.717, 1.165) is 32.7 Å². The molecule has 0 spiro atoms. The summed E-state index contributed by atoms with van der Waals surface area (Å²) in [7, 11) is 0. The summed E-state index contributed by atoms with van der Waals surface area (Å²) in [5.74, 6) is 0. The topological polar surface area (TPSA) is 24.9 Å². The number of fused-ring (bicyclic) bond motifs is 1. The van der Waals surface area contributed by atoms with Gasteiger partial charge in [0.15, 0.2) is 0 Å². The first-order chi connectivity index (χ1) is 10.1. The zero-order valence-corrected chi connectivity index (χ0v) is 12.8. The van der Waals surface area contributed by atoms with E-state index < -0.39 is 0 Å². The highest BCUT2D eigenvalue weighted by molar-refractivity contribution is 7.80. The predicted molar refractivity (Wildman–Crippen MR) is 93.1 cm³/mol. The molecule has 0 aliphatic rings. The van der Waals surface area contributed by atoms with Crippen molar-refractivity contribution in [2.75, 3.05) is 5.32 Å². The number of halogens is 1. The molecule has 0 aliphatic carbocycles. The van der Waals surface area contributed by atoms with Crippen LogP contribution in [0.1, 0.15) is 5.56 Å². The first-order valence-corrected chi connectivity index (χ1v) is 7.25. The third-order valence-electron chi connectivity index (χ3n) is 3.16. The molecule has 1 aromatic heterocycles. The molecule has 0 saturated carbocycles. The number of rotatable bonds is 3. The molecule has 4 heteroatoms. The SMILES string of the molecule is C=C(Nc1cccc(S)c1)c1cc2ncccc2cc1Cl. The van der Waals surface area contributed by atoms with Gasteiger partial charge in [0.25, 0.3) is 0 Å². The second kappa shape index (κ2) is 5.80. The Bertz CT molecular complexity index is 830. The number of hydrogen-bond acceptors (Lipinski definition) is 3. The number of benzene rings is 2. The lowest BCUT2D eigenvalue weighted by Gasteiger charge is -2.12. The van der Waals surface area contributed by atoms with Gasteiger partial charge in [-0.25, -0.2) is 0 Å². The maximum absolute atomic E-state index is 6.35. The second-order valence-electron chi connectivity index (χ2n) is 4.68. The Kier molecular flexibility index (Phi) is 3.86. The number of pyridine rings is 1. The number of nitrogens with one attached hydrogen (secondary N) is 1. The van der Waals surface area contributed by atoms with Crippen LogP contribution in [0.15, 0.2) is 66.2 Å². The lowest BCUT2D eigenvalue weighted by molar-refractivity contribution is 1.40. The smallest absolute Gasteiger partial charge is 0.0709 e. The van der Waals surface area contributed by atoms with Gasteiger partial charge >= 0.3 is 0 Å². The van der Waals surface area contributed by atoms with Crippen LogP contribution in [-0.4, -0.2) is 4.98 Å². The first-order valence-electron chi connectivity index (χ1n) is 6.43. The van der Waals surface area contributed by atoms with Crippen molar-refractivity contribution in [2.24, 2.45) is 0 Å². The molecule has 0 saturated heterocycles. The summed E-state index contributed by atoms with van der Waals surface area (Å²) in [6.45, 7) is 4.07. The van der Waals surface area contributed by atoms with Gasteiger partial charge in [-0.05, 0) is 36.4 Å². The molecule has 0 unspecified atom stereocenters. The van der Waals surface area contributed by atoms with Gasteiger partial charge in [-0.3, -0.25) is 4.98 Å².